The Morgan fingerprint density at radius 3 is 2.24 bits per heavy atom. The van der Waals surface area contributed by atoms with Crippen molar-refractivity contribution >= 4 is 11.5 Å². The van der Waals surface area contributed by atoms with Crippen molar-refractivity contribution in [3.63, 3.8) is 0 Å². The lowest BCUT2D eigenvalue weighted by Gasteiger charge is -2.33. The maximum atomic E-state index is 12.5. The lowest BCUT2D eigenvalue weighted by Crippen LogP contribution is -2.47. The Morgan fingerprint density at radius 2 is 1.59 bits per heavy atom. The number of likely N-dealkylation sites (tertiary alicyclic amines) is 1. The molecule has 2 aliphatic heterocycles. The molecule has 2 aromatic rings. The van der Waals surface area contributed by atoms with Crippen molar-refractivity contribution in [1.29, 1.82) is 0 Å². The van der Waals surface area contributed by atoms with E-state index in [9.17, 15) is 4.79 Å². The summed E-state index contributed by atoms with van der Waals surface area (Å²) in [6.45, 7) is 5.41. The summed E-state index contributed by atoms with van der Waals surface area (Å²) in [5.41, 5.74) is 4.06. The molecule has 1 N–H and O–H groups in total. The van der Waals surface area contributed by atoms with Crippen molar-refractivity contribution in [3.8, 4) is 0 Å². The van der Waals surface area contributed by atoms with Gasteiger partial charge >= 0.3 is 0 Å². The summed E-state index contributed by atoms with van der Waals surface area (Å²) >= 11 is 0. The molecule has 4 heteroatoms. The van der Waals surface area contributed by atoms with Gasteiger partial charge in [0.1, 0.15) is 0 Å². The van der Waals surface area contributed by atoms with Gasteiger partial charge < -0.3 is 5.32 Å². The van der Waals surface area contributed by atoms with Crippen LogP contribution in [0.15, 0.2) is 66.7 Å². The molecular weight excluding hydrogens is 358 g/mol. The fourth-order valence-corrected chi connectivity index (χ4v) is 4.32. The molecule has 2 heterocycles. The van der Waals surface area contributed by atoms with Crippen LogP contribution in [0.1, 0.15) is 30.4 Å². The molecular formula is C25H31N3O. The van der Waals surface area contributed by atoms with Gasteiger partial charge in [0.2, 0.25) is 5.91 Å². The predicted octanol–water partition coefficient (Wildman–Crippen LogP) is 3.56. The molecule has 1 saturated heterocycles. The summed E-state index contributed by atoms with van der Waals surface area (Å²) in [7, 11) is 0. The molecule has 0 unspecified atom stereocenters. The molecule has 0 atom stereocenters. The second-order valence-electron chi connectivity index (χ2n) is 8.18. The number of benzene rings is 2. The van der Waals surface area contributed by atoms with Gasteiger partial charge in [-0.1, -0.05) is 66.7 Å². The standard InChI is InChI=1S/C25H31N3O/c29-25(20-28-15-11-23(12-16-28)22-9-5-2-6-10-22)26-24-13-17-27(18-14-24)19-21-7-3-1-4-8-21/h1-11,24H,12-20H2,(H,26,29). The van der Waals surface area contributed by atoms with Crippen molar-refractivity contribution in [1.82, 2.24) is 15.1 Å². The van der Waals surface area contributed by atoms with Crippen LogP contribution >= 0.6 is 0 Å². The van der Waals surface area contributed by atoms with Crippen LogP contribution in [-0.4, -0.2) is 54.5 Å². The molecule has 29 heavy (non-hydrogen) atoms. The van der Waals surface area contributed by atoms with E-state index in [1.165, 1.54) is 16.7 Å². The van der Waals surface area contributed by atoms with E-state index >= 15 is 0 Å². The second kappa shape index (κ2) is 9.86. The zero-order chi connectivity index (χ0) is 19.9. The number of carbonyl (C=O) groups is 1. The van der Waals surface area contributed by atoms with Gasteiger partial charge in [0, 0.05) is 38.8 Å². The topological polar surface area (TPSA) is 35.6 Å². The number of nitrogens with one attached hydrogen (secondary N) is 1. The Labute approximate surface area is 174 Å². The summed E-state index contributed by atoms with van der Waals surface area (Å²) in [5, 5.41) is 3.27. The van der Waals surface area contributed by atoms with Gasteiger partial charge in [-0.25, -0.2) is 0 Å². The summed E-state index contributed by atoms with van der Waals surface area (Å²) < 4.78 is 0. The minimum absolute atomic E-state index is 0.170. The minimum atomic E-state index is 0.170. The van der Waals surface area contributed by atoms with Gasteiger partial charge in [-0.05, 0) is 36.0 Å². The summed E-state index contributed by atoms with van der Waals surface area (Å²) in [4.78, 5) is 17.2. The van der Waals surface area contributed by atoms with Crippen LogP contribution in [0.25, 0.3) is 5.57 Å². The quantitative estimate of drug-likeness (QED) is 0.821. The maximum Gasteiger partial charge on any atom is 0.234 e. The van der Waals surface area contributed by atoms with Gasteiger partial charge in [-0.2, -0.15) is 0 Å². The van der Waals surface area contributed by atoms with Gasteiger partial charge in [0.05, 0.1) is 6.54 Å². The summed E-state index contributed by atoms with van der Waals surface area (Å²) in [6, 6.07) is 21.5. The SMILES string of the molecule is O=C(CN1CC=C(c2ccccc2)CC1)NC1CCN(Cc2ccccc2)CC1. The van der Waals surface area contributed by atoms with E-state index in [1.54, 1.807) is 0 Å². The van der Waals surface area contributed by atoms with Crippen molar-refractivity contribution in [2.75, 3.05) is 32.7 Å². The van der Waals surface area contributed by atoms with E-state index in [1.807, 2.05) is 0 Å². The molecule has 0 bridgehead atoms. The molecule has 152 valence electrons. The number of rotatable bonds is 6. The average Bonchev–Trinajstić information content (AvgIpc) is 2.77. The largest absolute Gasteiger partial charge is 0.352 e. The molecule has 0 aromatic heterocycles. The van der Waals surface area contributed by atoms with Crippen LogP contribution in [0.3, 0.4) is 0 Å². The molecule has 0 saturated carbocycles. The highest BCUT2D eigenvalue weighted by molar-refractivity contribution is 5.78. The molecule has 4 nitrogen and oxygen atoms in total. The molecule has 0 radical (unpaired) electrons. The number of carbonyl (C=O) groups excluding carboxylic acids is 1. The summed E-state index contributed by atoms with van der Waals surface area (Å²) in [5.74, 6) is 0.170. The highest BCUT2D eigenvalue weighted by Gasteiger charge is 2.22. The highest BCUT2D eigenvalue weighted by atomic mass is 16.2. The van der Waals surface area contributed by atoms with Crippen molar-refractivity contribution in [3.05, 3.63) is 77.9 Å². The van der Waals surface area contributed by atoms with E-state index in [0.29, 0.717) is 12.6 Å². The normalized spacial score (nSPS) is 19.0. The molecule has 2 aromatic carbocycles. The Morgan fingerprint density at radius 1 is 0.897 bits per heavy atom. The first-order chi connectivity index (χ1) is 14.3. The lowest BCUT2D eigenvalue weighted by molar-refractivity contribution is -0.123. The first-order valence-corrected chi connectivity index (χ1v) is 10.8. The Hall–Kier alpha value is -2.43. The Bertz CT molecular complexity index is 810. The van der Waals surface area contributed by atoms with Gasteiger partial charge in [0.15, 0.2) is 0 Å². The maximum absolute atomic E-state index is 12.5. The summed E-state index contributed by atoms with van der Waals surface area (Å²) in [6.07, 6.45) is 5.36. The monoisotopic (exact) mass is 389 g/mol. The van der Waals surface area contributed by atoms with Crippen molar-refractivity contribution in [2.24, 2.45) is 0 Å². The molecule has 0 spiro atoms. The van der Waals surface area contributed by atoms with E-state index < -0.39 is 0 Å². The third-order valence-corrected chi connectivity index (χ3v) is 6.01. The second-order valence-corrected chi connectivity index (χ2v) is 8.18. The van der Waals surface area contributed by atoms with Crippen LogP contribution < -0.4 is 5.32 Å². The predicted molar refractivity (Wildman–Crippen MR) is 118 cm³/mol. The average molecular weight is 390 g/mol. The molecule has 4 rings (SSSR count). The van der Waals surface area contributed by atoms with Gasteiger partial charge in [-0.15, -0.1) is 0 Å². The lowest BCUT2D eigenvalue weighted by atomic mass is 9.99. The number of hydrogen-bond donors (Lipinski definition) is 1. The van der Waals surface area contributed by atoms with Crippen LogP contribution in [0, 0.1) is 0 Å². The number of hydrogen-bond acceptors (Lipinski definition) is 3. The van der Waals surface area contributed by atoms with Crippen LogP contribution in [0.5, 0.6) is 0 Å². The van der Waals surface area contributed by atoms with Crippen LogP contribution in [-0.2, 0) is 11.3 Å². The smallest absolute Gasteiger partial charge is 0.234 e. The van der Waals surface area contributed by atoms with E-state index in [-0.39, 0.29) is 5.91 Å². The van der Waals surface area contributed by atoms with E-state index in [0.717, 1.165) is 52.0 Å². The minimum Gasteiger partial charge on any atom is -0.352 e. The van der Waals surface area contributed by atoms with Crippen LogP contribution in [0.2, 0.25) is 0 Å². The highest BCUT2D eigenvalue weighted by Crippen LogP contribution is 2.21. The van der Waals surface area contributed by atoms with E-state index in [4.69, 9.17) is 0 Å². The number of amides is 1. The van der Waals surface area contributed by atoms with E-state index in [2.05, 4.69) is 81.9 Å². The molecule has 1 amide bonds. The Balaban J connectivity index is 1.18. The van der Waals surface area contributed by atoms with Crippen molar-refractivity contribution in [2.45, 2.75) is 31.8 Å². The third-order valence-electron chi connectivity index (χ3n) is 6.01. The van der Waals surface area contributed by atoms with Crippen LogP contribution in [0.4, 0.5) is 0 Å². The first-order valence-electron chi connectivity index (χ1n) is 10.8. The zero-order valence-corrected chi connectivity index (χ0v) is 17.1. The number of piperidine rings is 1. The first kappa shape index (κ1) is 19.9. The molecule has 1 fully saturated rings. The van der Waals surface area contributed by atoms with Gasteiger partial charge in [0.25, 0.3) is 0 Å². The third kappa shape index (κ3) is 5.78. The fraction of sp³-hybridized carbons (Fsp3) is 0.400. The Kier molecular flexibility index (Phi) is 6.75. The van der Waals surface area contributed by atoms with Gasteiger partial charge in [-0.3, -0.25) is 14.6 Å². The molecule has 0 aliphatic carbocycles. The molecule has 2 aliphatic rings. The van der Waals surface area contributed by atoms with Crippen molar-refractivity contribution < 1.29 is 4.79 Å². The fourth-order valence-electron chi connectivity index (χ4n) is 4.32. The number of nitrogens with zero attached hydrogens (tertiary/aromatic N) is 2. The zero-order valence-electron chi connectivity index (χ0n) is 17.1.